The molecular formula is C24H23FN2O4S2. The molecule has 0 saturated heterocycles. The van der Waals surface area contributed by atoms with Crippen molar-refractivity contribution in [3.63, 3.8) is 0 Å². The smallest absolute Gasteiger partial charge is 0.341 e. The number of carbonyl (C=O) groups excluding carboxylic acids is 3. The Kier molecular flexibility index (Phi) is 8.62. The van der Waals surface area contributed by atoms with Gasteiger partial charge >= 0.3 is 5.97 Å². The fraction of sp³-hybridized carbons (Fsp3) is 0.208. The summed E-state index contributed by atoms with van der Waals surface area (Å²) in [6.07, 6.45) is 0. The summed E-state index contributed by atoms with van der Waals surface area (Å²) in [7, 11) is 0. The Morgan fingerprint density at radius 1 is 0.970 bits per heavy atom. The van der Waals surface area contributed by atoms with E-state index >= 15 is 0 Å². The fourth-order valence-corrected chi connectivity index (χ4v) is 4.52. The number of hydrogen-bond acceptors (Lipinski definition) is 6. The Morgan fingerprint density at radius 2 is 1.61 bits per heavy atom. The summed E-state index contributed by atoms with van der Waals surface area (Å²) in [6.45, 7) is 3.92. The predicted octanol–water partition coefficient (Wildman–Crippen LogP) is 5.35. The summed E-state index contributed by atoms with van der Waals surface area (Å²) in [6, 6.07) is 13.2. The highest BCUT2D eigenvalue weighted by Crippen LogP contribution is 2.36. The van der Waals surface area contributed by atoms with E-state index in [-0.39, 0.29) is 35.7 Å². The van der Waals surface area contributed by atoms with Gasteiger partial charge in [-0.3, -0.25) is 9.59 Å². The molecule has 0 aliphatic rings. The minimum absolute atomic E-state index is 0.0247. The monoisotopic (exact) mass is 486 g/mol. The average Bonchev–Trinajstić information content (AvgIpc) is 3.19. The van der Waals surface area contributed by atoms with E-state index in [1.165, 1.54) is 35.6 Å². The number of nitrogens with one attached hydrogen (secondary N) is 2. The van der Waals surface area contributed by atoms with E-state index in [0.717, 1.165) is 22.9 Å². The van der Waals surface area contributed by atoms with Crippen LogP contribution in [0.5, 0.6) is 0 Å². The van der Waals surface area contributed by atoms with Crippen LogP contribution in [0.2, 0.25) is 0 Å². The molecule has 3 rings (SSSR count). The first-order valence-corrected chi connectivity index (χ1v) is 12.2. The maximum atomic E-state index is 12.9. The van der Waals surface area contributed by atoms with Crippen LogP contribution in [0.3, 0.4) is 0 Å². The van der Waals surface area contributed by atoms with Gasteiger partial charge in [0.2, 0.25) is 11.8 Å². The van der Waals surface area contributed by atoms with E-state index in [4.69, 9.17) is 4.74 Å². The normalized spacial score (nSPS) is 10.5. The van der Waals surface area contributed by atoms with Crippen molar-refractivity contribution in [2.24, 2.45) is 0 Å². The molecule has 1 heterocycles. The zero-order valence-electron chi connectivity index (χ0n) is 18.1. The Morgan fingerprint density at radius 3 is 2.24 bits per heavy atom. The summed E-state index contributed by atoms with van der Waals surface area (Å²) in [5, 5.41) is 7.63. The topological polar surface area (TPSA) is 84.5 Å². The quantitative estimate of drug-likeness (QED) is 0.398. The molecule has 6 nitrogen and oxygen atoms in total. The third-order valence-electron chi connectivity index (χ3n) is 4.48. The number of carbonyl (C=O) groups is 3. The Bertz CT molecular complexity index is 1130. The van der Waals surface area contributed by atoms with E-state index < -0.39 is 5.97 Å². The van der Waals surface area contributed by atoms with Crippen molar-refractivity contribution in [2.45, 2.75) is 13.8 Å². The van der Waals surface area contributed by atoms with E-state index in [1.54, 1.807) is 6.92 Å². The molecule has 2 amide bonds. The molecule has 0 aliphatic carbocycles. The van der Waals surface area contributed by atoms with Gasteiger partial charge in [-0.2, -0.15) is 0 Å². The molecule has 2 N–H and O–H groups in total. The van der Waals surface area contributed by atoms with Crippen LogP contribution in [-0.4, -0.2) is 35.9 Å². The van der Waals surface area contributed by atoms with Crippen LogP contribution in [0.1, 0.15) is 22.8 Å². The number of amides is 2. The molecule has 0 spiro atoms. The second-order valence-electron chi connectivity index (χ2n) is 7.04. The van der Waals surface area contributed by atoms with Crippen molar-refractivity contribution in [2.75, 3.05) is 28.7 Å². The Balaban J connectivity index is 1.61. The van der Waals surface area contributed by atoms with Crippen LogP contribution < -0.4 is 10.6 Å². The van der Waals surface area contributed by atoms with E-state index in [0.29, 0.717) is 21.8 Å². The lowest BCUT2D eigenvalue weighted by atomic mass is 10.0. The van der Waals surface area contributed by atoms with Crippen molar-refractivity contribution in [1.82, 2.24) is 0 Å². The number of aryl methyl sites for hydroxylation is 1. The number of rotatable bonds is 9. The van der Waals surface area contributed by atoms with Gasteiger partial charge in [0.1, 0.15) is 16.4 Å². The van der Waals surface area contributed by atoms with Gasteiger partial charge in [-0.05, 0) is 43.7 Å². The highest BCUT2D eigenvalue weighted by molar-refractivity contribution is 8.00. The number of thiophene rings is 1. The van der Waals surface area contributed by atoms with Gasteiger partial charge in [-0.25, -0.2) is 9.18 Å². The zero-order valence-corrected chi connectivity index (χ0v) is 19.8. The number of hydrogen-bond donors (Lipinski definition) is 2. The van der Waals surface area contributed by atoms with Crippen LogP contribution >= 0.6 is 23.1 Å². The van der Waals surface area contributed by atoms with Crippen molar-refractivity contribution in [3.05, 3.63) is 70.9 Å². The van der Waals surface area contributed by atoms with Crippen molar-refractivity contribution < 1.29 is 23.5 Å². The molecule has 1 aromatic heterocycles. The number of esters is 1. The molecule has 0 unspecified atom stereocenters. The molecule has 33 heavy (non-hydrogen) atoms. The predicted molar refractivity (Wildman–Crippen MR) is 131 cm³/mol. The molecule has 0 fully saturated rings. The van der Waals surface area contributed by atoms with Gasteiger partial charge in [0.25, 0.3) is 0 Å². The molecule has 0 radical (unpaired) electrons. The fourth-order valence-electron chi connectivity index (χ4n) is 2.93. The highest BCUT2D eigenvalue weighted by Gasteiger charge is 2.22. The van der Waals surface area contributed by atoms with E-state index in [2.05, 4.69) is 10.6 Å². The van der Waals surface area contributed by atoms with Gasteiger partial charge in [-0.15, -0.1) is 23.1 Å². The molecule has 0 atom stereocenters. The molecule has 3 aromatic rings. The maximum Gasteiger partial charge on any atom is 0.341 e. The Hall–Kier alpha value is -3.17. The van der Waals surface area contributed by atoms with Crippen LogP contribution in [-0.2, 0) is 14.3 Å². The lowest BCUT2D eigenvalue weighted by Crippen LogP contribution is -2.19. The lowest BCUT2D eigenvalue weighted by Gasteiger charge is -2.09. The van der Waals surface area contributed by atoms with Crippen LogP contribution in [0.15, 0.2) is 53.9 Å². The highest BCUT2D eigenvalue weighted by atomic mass is 32.2. The number of anilines is 2. The van der Waals surface area contributed by atoms with Gasteiger partial charge < -0.3 is 15.4 Å². The second-order valence-corrected chi connectivity index (χ2v) is 8.90. The third kappa shape index (κ3) is 6.90. The zero-order chi connectivity index (χ0) is 23.8. The summed E-state index contributed by atoms with van der Waals surface area (Å²) in [5.74, 6) is -1.45. The van der Waals surface area contributed by atoms with E-state index in [1.807, 2.05) is 36.6 Å². The molecule has 0 bridgehead atoms. The minimum Gasteiger partial charge on any atom is -0.462 e. The number of ether oxygens (including phenoxy) is 1. The first-order valence-electron chi connectivity index (χ1n) is 10.2. The molecule has 172 valence electrons. The van der Waals surface area contributed by atoms with Crippen molar-refractivity contribution in [1.29, 1.82) is 0 Å². The first-order chi connectivity index (χ1) is 15.9. The van der Waals surface area contributed by atoms with Gasteiger partial charge in [0, 0.05) is 16.6 Å². The third-order valence-corrected chi connectivity index (χ3v) is 6.31. The SMILES string of the molecule is CCOC(=O)c1c(-c2ccc(C)cc2)csc1NC(=O)CSCC(=O)Nc1ccc(F)cc1. The van der Waals surface area contributed by atoms with Gasteiger partial charge in [-0.1, -0.05) is 29.8 Å². The first kappa shape index (κ1) is 24.5. The molecular weight excluding hydrogens is 463 g/mol. The van der Waals surface area contributed by atoms with Crippen LogP contribution in [0.25, 0.3) is 11.1 Å². The van der Waals surface area contributed by atoms with Crippen molar-refractivity contribution in [3.8, 4) is 11.1 Å². The summed E-state index contributed by atoms with van der Waals surface area (Å²) >= 11 is 2.38. The van der Waals surface area contributed by atoms with E-state index in [9.17, 15) is 18.8 Å². The van der Waals surface area contributed by atoms with Gasteiger partial charge in [0.05, 0.1) is 18.1 Å². The summed E-state index contributed by atoms with van der Waals surface area (Å²) in [4.78, 5) is 37.1. The van der Waals surface area contributed by atoms with Gasteiger partial charge in [0.15, 0.2) is 0 Å². The molecule has 0 saturated carbocycles. The minimum atomic E-state index is -0.504. The lowest BCUT2D eigenvalue weighted by molar-refractivity contribution is -0.114. The summed E-state index contributed by atoms with van der Waals surface area (Å²) in [5.41, 5.74) is 3.44. The van der Waals surface area contributed by atoms with Crippen LogP contribution in [0.4, 0.5) is 15.1 Å². The average molecular weight is 487 g/mol. The molecule has 0 aliphatic heterocycles. The molecule has 9 heteroatoms. The van der Waals surface area contributed by atoms with Crippen LogP contribution in [0, 0.1) is 12.7 Å². The largest absolute Gasteiger partial charge is 0.462 e. The second kappa shape index (κ2) is 11.6. The van der Waals surface area contributed by atoms with Crippen molar-refractivity contribution >= 4 is 51.6 Å². The molecule has 2 aromatic carbocycles. The number of thioether (sulfide) groups is 1. The summed E-state index contributed by atoms with van der Waals surface area (Å²) < 4.78 is 18.1. The standard InChI is InChI=1S/C24H23FN2O4S2/c1-3-31-24(30)22-19(16-6-4-15(2)5-7-16)12-33-23(22)27-21(29)14-32-13-20(28)26-18-10-8-17(25)9-11-18/h4-12H,3,13-14H2,1-2H3,(H,26,28)(H,27,29). The maximum absolute atomic E-state index is 12.9. The number of halogens is 1. The number of benzene rings is 2. The Labute approximate surface area is 199 Å².